The minimum absolute atomic E-state index is 0.220. The number of carbonyl (C=O) groups is 1. The third-order valence-corrected chi connectivity index (χ3v) is 12.4. The first-order valence-corrected chi connectivity index (χ1v) is 21.6. The topological polar surface area (TPSA) is 116 Å². The summed E-state index contributed by atoms with van der Waals surface area (Å²) in [7, 11) is -2.71. The Bertz CT molecular complexity index is 1950. The van der Waals surface area contributed by atoms with Crippen molar-refractivity contribution >= 4 is 74.5 Å². The third kappa shape index (κ3) is 8.03. The van der Waals surface area contributed by atoms with Gasteiger partial charge >= 0.3 is 0 Å². The largest absolute Gasteiger partial charge is 0.488 e. The molecule has 2 aromatic carbocycles. The summed E-state index contributed by atoms with van der Waals surface area (Å²) < 4.78 is 20.9. The quantitative estimate of drug-likeness (QED) is 0.116. The van der Waals surface area contributed by atoms with Crippen molar-refractivity contribution in [3.63, 3.8) is 0 Å². The predicted octanol–water partition coefficient (Wildman–Crippen LogP) is 6.93. The maximum Gasteiger partial charge on any atom is 0.229 e. The summed E-state index contributed by atoms with van der Waals surface area (Å²) in [5.74, 6) is 1.80. The zero-order valence-corrected chi connectivity index (χ0v) is 32.5. The van der Waals surface area contributed by atoms with Gasteiger partial charge in [0, 0.05) is 79.6 Å². The summed E-state index contributed by atoms with van der Waals surface area (Å²) in [6.45, 7) is 13.4. The molecule has 7 rings (SSSR count). The van der Waals surface area contributed by atoms with Crippen LogP contribution in [0.15, 0.2) is 47.1 Å². The van der Waals surface area contributed by atoms with Crippen molar-refractivity contribution in [3.05, 3.63) is 58.3 Å². The average Bonchev–Trinajstić information content (AvgIpc) is 3.97. The monoisotopic (exact) mass is 774 g/mol. The highest BCUT2D eigenvalue weighted by Gasteiger charge is 2.30. The smallest absolute Gasteiger partial charge is 0.229 e. The van der Waals surface area contributed by atoms with Crippen LogP contribution in [0.1, 0.15) is 50.8 Å². The molecule has 2 aliphatic heterocycles. The maximum atomic E-state index is 13.7. The highest BCUT2D eigenvalue weighted by molar-refractivity contribution is 9.10. The van der Waals surface area contributed by atoms with Crippen molar-refractivity contribution in [1.82, 2.24) is 24.8 Å². The molecule has 11 nitrogen and oxygen atoms in total. The minimum Gasteiger partial charge on any atom is -0.488 e. The van der Waals surface area contributed by atoms with E-state index in [1.807, 2.05) is 29.2 Å². The summed E-state index contributed by atoms with van der Waals surface area (Å²) in [5, 5.41) is 8.58. The van der Waals surface area contributed by atoms with Gasteiger partial charge in [0.2, 0.25) is 12.4 Å². The summed E-state index contributed by atoms with van der Waals surface area (Å²) >= 11 is 3.64. The van der Waals surface area contributed by atoms with Gasteiger partial charge in [0.05, 0.1) is 27.5 Å². The second-order valence-corrected chi connectivity index (χ2v) is 18.2. The van der Waals surface area contributed by atoms with Crippen LogP contribution in [0.2, 0.25) is 0 Å². The van der Waals surface area contributed by atoms with E-state index in [2.05, 4.69) is 67.3 Å². The SMILES string of the molecule is CCc1ccc2c(P(C)(C)=O)c(Nc3nc(Nc4cc(CC)c(N5CCC(N6CCN(C=O)CC6)CC5)cc4OC4CC4)ncc3Br)ccc2n1. The normalized spacial score (nSPS) is 17.5. The standard InChI is InChI=1S/C38H48BrN8O3P/c1-5-25-21-33(35(50-28-8-9-28)22-34(25)47-15-13-27(14-16-47)46-19-17-45(24-48)18-20-46)43-38-40-23-30(39)37(44-38)42-32-12-11-31-29(36(32)51(3,4)49)10-7-26(6-2)41-31/h7,10-12,21-24,27-28H,5-6,8-9,13-20H2,1-4H3,(H2,40,42,43,44). The highest BCUT2D eigenvalue weighted by Crippen LogP contribution is 2.43. The molecule has 4 heterocycles. The van der Waals surface area contributed by atoms with Crippen molar-refractivity contribution < 1.29 is 14.1 Å². The Hall–Kier alpha value is -3.73. The van der Waals surface area contributed by atoms with E-state index in [0.29, 0.717) is 22.3 Å². The number of carbonyl (C=O) groups excluding carboxylic acids is 1. The van der Waals surface area contributed by atoms with Gasteiger partial charge in [-0.15, -0.1) is 0 Å². The van der Waals surface area contributed by atoms with Crippen LogP contribution in [0.3, 0.4) is 0 Å². The number of benzene rings is 2. The molecule has 0 radical (unpaired) electrons. The van der Waals surface area contributed by atoms with E-state index in [1.165, 1.54) is 11.3 Å². The number of nitrogens with one attached hydrogen (secondary N) is 2. The summed E-state index contributed by atoms with van der Waals surface area (Å²) in [4.78, 5) is 32.4. The average molecular weight is 776 g/mol. The molecule has 1 aliphatic carbocycles. The Morgan fingerprint density at radius 1 is 0.922 bits per heavy atom. The van der Waals surface area contributed by atoms with E-state index < -0.39 is 7.14 Å². The lowest BCUT2D eigenvalue weighted by Gasteiger charge is -2.43. The predicted molar refractivity (Wildman–Crippen MR) is 210 cm³/mol. The molecule has 270 valence electrons. The van der Waals surface area contributed by atoms with Gasteiger partial charge in [-0.05, 0) is 97.6 Å². The van der Waals surface area contributed by atoms with Gasteiger partial charge in [0.15, 0.2) is 0 Å². The summed E-state index contributed by atoms with van der Waals surface area (Å²) in [5.41, 5.74) is 5.89. The second-order valence-electron chi connectivity index (χ2n) is 14.2. The van der Waals surface area contributed by atoms with Crippen molar-refractivity contribution in [3.8, 4) is 5.75 Å². The van der Waals surface area contributed by atoms with Crippen LogP contribution in [0, 0.1) is 0 Å². The van der Waals surface area contributed by atoms with Gasteiger partial charge in [0.1, 0.15) is 18.7 Å². The van der Waals surface area contributed by atoms with Gasteiger partial charge in [-0.3, -0.25) is 14.7 Å². The Morgan fingerprint density at radius 3 is 2.35 bits per heavy atom. The molecule has 51 heavy (non-hydrogen) atoms. The van der Waals surface area contributed by atoms with Gasteiger partial charge in [0.25, 0.3) is 0 Å². The first kappa shape index (κ1) is 35.7. The number of amides is 1. The van der Waals surface area contributed by atoms with Crippen LogP contribution < -0.4 is 25.6 Å². The number of hydrogen-bond donors (Lipinski definition) is 2. The second kappa shape index (κ2) is 15.1. The fourth-order valence-corrected chi connectivity index (χ4v) is 9.07. The number of halogens is 1. The molecule has 0 spiro atoms. The van der Waals surface area contributed by atoms with Gasteiger partial charge in [-0.2, -0.15) is 4.98 Å². The van der Waals surface area contributed by atoms with Crippen LogP contribution in [-0.4, -0.2) is 95.9 Å². The molecule has 1 saturated carbocycles. The fraction of sp³-hybridized carbons (Fsp3) is 0.474. The number of nitrogens with zero attached hydrogens (tertiary/aromatic N) is 6. The molecular weight excluding hydrogens is 727 g/mol. The number of hydrogen-bond acceptors (Lipinski definition) is 10. The lowest BCUT2D eigenvalue weighted by molar-refractivity contribution is -0.120. The molecule has 0 bridgehead atoms. The van der Waals surface area contributed by atoms with Crippen molar-refractivity contribution in [2.24, 2.45) is 0 Å². The number of anilines is 5. The van der Waals surface area contributed by atoms with E-state index in [4.69, 9.17) is 14.7 Å². The Balaban J connectivity index is 1.13. The van der Waals surface area contributed by atoms with Crippen molar-refractivity contribution in [2.45, 2.75) is 64.5 Å². The number of piperazine rings is 1. The molecule has 3 fully saturated rings. The lowest BCUT2D eigenvalue weighted by Crippen LogP contribution is -2.53. The van der Waals surface area contributed by atoms with Crippen molar-refractivity contribution in [2.75, 3.05) is 68.1 Å². The van der Waals surface area contributed by atoms with Crippen molar-refractivity contribution in [1.29, 1.82) is 0 Å². The first-order valence-electron chi connectivity index (χ1n) is 18.2. The van der Waals surface area contributed by atoms with E-state index in [9.17, 15) is 9.36 Å². The van der Waals surface area contributed by atoms with Gasteiger partial charge in [-0.25, -0.2) is 4.98 Å². The molecule has 2 N–H and O–H groups in total. The Labute approximate surface area is 309 Å². The molecule has 1 amide bonds. The van der Waals surface area contributed by atoms with E-state index >= 15 is 0 Å². The molecule has 0 atom stereocenters. The van der Waals surface area contributed by atoms with E-state index in [1.54, 1.807) is 19.5 Å². The third-order valence-electron chi connectivity index (χ3n) is 10.2. The van der Waals surface area contributed by atoms with Crippen LogP contribution in [0.4, 0.5) is 28.8 Å². The zero-order chi connectivity index (χ0) is 35.7. The van der Waals surface area contributed by atoms with Crippen LogP contribution >= 0.6 is 23.1 Å². The Kier molecular flexibility index (Phi) is 10.6. The van der Waals surface area contributed by atoms with Crippen LogP contribution in [-0.2, 0) is 22.2 Å². The number of rotatable bonds is 12. The number of aromatic nitrogens is 3. The number of ether oxygens (including phenoxy) is 1. The molecule has 2 aromatic heterocycles. The molecule has 0 unspecified atom stereocenters. The Morgan fingerprint density at radius 2 is 1.69 bits per heavy atom. The number of pyridine rings is 1. The number of piperidine rings is 1. The molecule has 3 aliphatic rings. The molecular formula is C38H48BrN8O3P. The first-order chi connectivity index (χ1) is 24.6. The summed E-state index contributed by atoms with van der Waals surface area (Å²) in [6, 6.07) is 12.9. The van der Waals surface area contributed by atoms with E-state index in [-0.39, 0.29) is 6.10 Å². The zero-order valence-electron chi connectivity index (χ0n) is 30.0. The molecule has 13 heteroatoms. The molecule has 2 saturated heterocycles. The minimum atomic E-state index is -2.71. The number of aryl methyl sites for hydroxylation is 2. The summed E-state index contributed by atoms with van der Waals surface area (Å²) in [6.07, 6.45) is 8.95. The van der Waals surface area contributed by atoms with Gasteiger partial charge in [-0.1, -0.05) is 19.9 Å². The lowest BCUT2D eigenvalue weighted by atomic mass is 9.99. The van der Waals surface area contributed by atoms with Crippen LogP contribution in [0.5, 0.6) is 5.75 Å². The highest BCUT2D eigenvalue weighted by atomic mass is 79.9. The fourth-order valence-electron chi connectivity index (χ4n) is 7.30. The maximum absolute atomic E-state index is 13.7. The number of fused-ring (bicyclic) bond motifs is 1. The molecule has 4 aromatic rings. The van der Waals surface area contributed by atoms with Gasteiger partial charge < -0.3 is 29.7 Å². The van der Waals surface area contributed by atoms with E-state index in [0.717, 1.165) is 123 Å². The van der Waals surface area contributed by atoms with Crippen LogP contribution in [0.25, 0.3) is 10.9 Å².